The number of aryl methyl sites for hydroxylation is 3. The summed E-state index contributed by atoms with van der Waals surface area (Å²) >= 11 is 0. The molecule has 3 aromatic carbocycles. The number of hydrogen-bond donors (Lipinski definition) is 0. The molecule has 1 atom stereocenters. The molecule has 0 saturated carbocycles. The van der Waals surface area contributed by atoms with Crippen molar-refractivity contribution in [2.45, 2.75) is 46.0 Å². The lowest BCUT2D eigenvalue weighted by Crippen LogP contribution is -1.95. The number of rotatable bonds is 5. The van der Waals surface area contributed by atoms with Crippen molar-refractivity contribution >= 4 is 0 Å². The molecule has 1 unspecified atom stereocenters. The van der Waals surface area contributed by atoms with Crippen LogP contribution in [0.4, 0.5) is 0 Å². The molecular weight excluding hydrogens is 300 g/mol. The molecule has 0 heterocycles. The van der Waals surface area contributed by atoms with Gasteiger partial charge in [-0.05, 0) is 50.2 Å². The van der Waals surface area contributed by atoms with Gasteiger partial charge in [-0.15, -0.1) is 0 Å². The van der Waals surface area contributed by atoms with Crippen LogP contribution < -0.4 is 0 Å². The van der Waals surface area contributed by atoms with Crippen LogP contribution in [-0.4, -0.2) is 0 Å². The predicted molar refractivity (Wildman–Crippen MR) is 110 cm³/mol. The number of benzene rings is 3. The van der Waals surface area contributed by atoms with Crippen molar-refractivity contribution in [2.24, 2.45) is 0 Å². The van der Waals surface area contributed by atoms with E-state index in [4.69, 9.17) is 0 Å². The van der Waals surface area contributed by atoms with Crippen molar-refractivity contribution in [3.63, 3.8) is 0 Å². The Hall–Kier alpha value is -2.34. The minimum atomic E-state index is 0.664. The van der Waals surface area contributed by atoms with E-state index in [1.807, 2.05) is 18.2 Å². The largest absolute Gasteiger partial charge is 0.0622 e. The van der Waals surface area contributed by atoms with Crippen LogP contribution in [0.3, 0.4) is 0 Å². The maximum Gasteiger partial charge on any atom is -0.0190 e. The first kappa shape index (κ1) is 19.0. The monoisotopic (exact) mass is 330 g/mol. The third kappa shape index (κ3) is 7.39. The van der Waals surface area contributed by atoms with Gasteiger partial charge >= 0.3 is 0 Å². The second-order valence-corrected chi connectivity index (χ2v) is 6.84. The van der Waals surface area contributed by atoms with Gasteiger partial charge in [-0.25, -0.2) is 0 Å². The molecule has 0 heteroatoms. The summed E-state index contributed by atoms with van der Waals surface area (Å²) in [5, 5.41) is 0. The van der Waals surface area contributed by atoms with E-state index in [9.17, 15) is 0 Å². The Morgan fingerprint density at radius 1 is 0.640 bits per heavy atom. The van der Waals surface area contributed by atoms with Gasteiger partial charge in [0.15, 0.2) is 0 Å². The zero-order chi connectivity index (χ0) is 17.9. The lowest BCUT2D eigenvalue weighted by atomic mass is 9.94. The molecular formula is C25H30. The fraction of sp³-hybridized carbons (Fsp3) is 0.280. The maximum absolute atomic E-state index is 2.32. The second-order valence-electron chi connectivity index (χ2n) is 6.84. The second kappa shape index (κ2) is 10.5. The molecule has 0 aliphatic carbocycles. The number of hydrogen-bond acceptors (Lipinski definition) is 0. The molecule has 0 spiro atoms. The van der Waals surface area contributed by atoms with E-state index in [-0.39, 0.29) is 0 Å². The van der Waals surface area contributed by atoms with Gasteiger partial charge in [0.05, 0.1) is 0 Å². The maximum atomic E-state index is 2.32. The van der Waals surface area contributed by atoms with Crippen LogP contribution in [0, 0.1) is 13.8 Å². The van der Waals surface area contributed by atoms with E-state index in [0.717, 1.165) is 0 Å². The molecule has 25 heavy (non-hydrogen) atoms. The van der Waals surface area contributed by atoms with Gasteiger partial charge in [0.25, 0.3) is 0 Å². The first-order valence-electron chi connectivity index (χ1n) is 9.27. The highest BCUT2D eigenvalue weighted by Crippen LogP contribution is 2.21. The van der Waals surface area contributed by atoms with Crippen molar-refractivity contribution in [1.82, 2.24) is 0 Å². The van der Waals surface area contributed by atoms with Gasteiger partial charge in [-0.3, -0.25) is 0 Å². The minimum absolute atomic E-state index is 0.664. The van der Waals surface area contributed by atoms with Gasteiger partial charge in [-0.2, -0.15) is 0 Å². The quantitative estimate of drug-likeness (QED) is 0.467. The summed E-state index contributed by atoms with van der Waals surface area (Å²) in [6, 6.07) is 30.0. The summed E-state index contributed by atoms with van der Waals surface area (Å²) in [6.45, 7) is 6.55. The Morgan fingerprint density at radius 2 is 1.16 bits per heavy atom. The summed E-state index contributed by atoms with van der Waals surface area (Å²) in [5.74, 6) is 0.664. The van der Waals surface area contributed by atoms with Crippen molar-refractivity contribution < 1.29 is 0 Å². The van der Waals surface area contributed by atoms with Crippen molar-refractivity contribution in [3.8, 4) is 0 Å². The molecule has 0 nitrogen and oxygen atoms in total. The van der Waals surface area contributed by atoms with Crippen LogP contribution in [0.25, 0.3) is 0 Å². The highest BCUT2D eigenvalue weighted by Gasteiger charge is 2.04. The Labute approximate surface area is 153 Å². The fourth-order valence-electron chi connectivity index (χ4n) is 2.85. The third-order valence-corrected chi connectivity index (χ3v) is 4.53. The van der Waals surface area contributed by atoms with Crippen molar-refractivity contribution in [3.05, 3.63) is 107 Å². The Balaban J connectivity index is 0.000000269. The van der Waals surface area contributed by atoms with E-state index in [0.29, 0.717) is 5.92 Å². The standard InChI is InChI=1S/C18H22.C7H8/c1-15-11-13-17(14-12-15)8-6-7-16(2)18-9-4-3-5-10-18;1-7-5-3-2-4-6-7/h3-5,9-14,16H,6-8H2,1-2H3;2-6H,1H3. The summed E-state index contributed by atoms with van der Waals surface area (Å²) < 4.78 is 0. The summed E-state index contributed by atoms with van der Waals surface area (Å²) in [5.41, 5.74) is 5.58. The van der Waals surface area contributed by atoms with Crippen LogP contribution in [0.2, 0.25) is 0 Å². The molecule has 0 radical (unpaired) electrons. The molecule has 3 aromatic rings. The predicted octanol–water partition coefficient (Wildman–Crippen LogP) is 7.12. The van der Waals surface area contributed by atoms with E-state index in [1.54, 1.807) is 0 Å². The highest BCUT2D eigenvalue weighted by molar-refractivity contribution is 5.22. The zero-order valence-electron chi connectivity index (χ0n) is 15.8. The average molecular weight is 331 g/mol. The minimum Gasteiger partial charge on any atom is -0.0622 e. The van der Waals surface area contributed by atoms with Crippen LogP contribution in [0.15, 0.2) is 84.9 Å². The van der Waals surface area contributed by atoms with Crippen molar-refractivity contribution in [1.29, 1.82) is 0 Å². The molecule has 0 aromatic heterocycles. The van der Waals surface area contributed by atoms with Gasteiger partial charge in [-0.1, -0.05) is 103 Å². The zero-order valence-corrected chi connectivity index (χ0v) is 15.8. The highest BCUT2D eigenvalue weighted by atomic mass is 14.1. The fourth-order valence-corrected chi connectivity index (χ4v) is 2.85. The summed E-state index contributed by atoms with van der Waals surface area (Å²) in [6.07, 6.45) is 3.72. The van der Waals surface area contributed by atoms with Gasteiger partial charge in [0, 0.05) is 0 Å². The van der Waals surface area contributed by atoms with Gasteiger partial charge in [0.2, 0.25) is 0 Å². The molecule has 0 aliphatic rings. The SMILES string of the molecule is Cc1ccc(CCCC(C)c2ccccc2)cc1.Cc1ccccc1. The molecule has 0 amide bonds. The topological polar surface area (TPSA) is 0 Å². The normalized spacial score (nSPS) is 11.3. The summed E-state index contributed by atoms with van der Waals surface area (Å²) in [7, 11) is 0. The lowest BCUT2D eigenvalue weighted by molar-refractivity contribution is 0.633. The molecule has 0 bridgehead atoms. The summed E-state index contributed by atoms with van der Waals surface area (Å²) in [4.78, 5) is 0. The Bertz CT molecular complexity index is 696. The van der Waals surface area contributed by atoms with Crippen molar-refractivity contribution in [2.75, 3.05) is 0 Å². The van der Waals surface area contributed by atoms with Gasteiger partial charge < -0.3 is 0 Å². The van der Waals surface area contributed by atoms with Crippen LogP contribution in [0.5, 0.6) is 0 Å². The Morgan fingerprint density at radius 3 is 1.68 bits per heavy atom. The van der Waals surface area contributed by atoms with E-state index in [1.165, 1.54) is 41.5 Å². The van der Waals surface area contributed by atoms with E-state index < -0.39 is 0 Å². The first-order chi connectivity index (χ1) is 12.1. The molecule has 3 rings (SSSR count). The molecule has 130 valence electrons. The molecule has 0 N–H and O–H groups in total. The smallest absolute Gasteiger partial charge is 0.0190 e. The van der Waals surface area contributed by atoms with E-state index in [2.05, 4.69) is 87.5 Å². The third-order valence-electron chi connectivity index (χ3n) is 4.53. The van der Waals surface area contributed by atoms with Crippen LogP contribution in [-0.2, 0) is 6.42 Å². The first-order valence-corrected chi connectivity index (χ1v) is 9.27. The van der Waals surface area contributed by atoms with Gasteiger partial charge in [0.1, 0.15) is 0 Å². The molecule has 0 saturated heterocycles. The Kier molecular flexibility index (Phi) is 7.98. The van der Waals surface area contributed by atoms with E-state index >= 15 is 0 Å². The average Bonchev–Trinajstić information content (AvgIpc) is 2.65. The van der Waals surface area contributed by atoms with Crippen LogP contribution >= 0.6 is 0 Å². The lowest BCUT2D eigenvalue weighted by Gasteiger charge is -2.11. The van der Waals surface area contributed by atoms with Crippen LogP contribution in [0.1, 0.15) is 47.9 Å². The molecule has 0 fully saturated rings. The molecule has 0 aliphatic heterocycles.